The van der Waals surface area contributed by atoms with E-state index in [4.69, 9.17) is 10.5 Å². The van der Waals surface area contributed by atoms with Gasteiger partial charge in [0.05, 0.1) is 12.7 Å². The number of hydrogen-bond donors (Lipinski definition) is 2. The molecule has 0 saturated heterocycles. The maximum absolute atomic E-state index is 12.6. The molecule has 120 valence electrons. The van der Waals surface area contributed by atoms with Gasteiger partial charge in [0.15, 0.2) is 0 Å². The topological polar surface area (TPSA) is 81.4 Å². The van der Waals surface area contributed by atoms with Crippen LogP contribution in [0.25, 0.3) is 10.8 Å². The number of methoxy groups -OCH3 is 1. The number of para-hydroxylation sites is 1. The lowest BCUT2D eigenvalue weighted by Crippen LogP contribution is -2.13. The van der Waals surface area contributed by atoms with Crippen LogP contribution in [-0.4, -0.2) is 18.9 Å². The number of hydrogen-bond acceptors (Lipinski definition) is 3. The largest absolute Gasteiger partial charge is 0.496 e. The highest BCUT2D eigenvalue weighted by atomic mass is 16.5. The minimum atomic E-state index is -0.511. The summed E-state index contributed by atoms with van der Waals surface area (Å²) in [5, 5.41) is 4.42. The van der Waals surface area contributed by atoms with Crippen LogP contribution in [0.5, 0.6) is 5.75 Å². The molecule has 0 aromatic heterocycles. The van der Waals surface area contributed by atoms with Gasteiger partial charge in [-0.25, -0.2) is 0 Å². The zero-order valence-corrected chi connectivity index (χ0v) is 13.1. The van der Waals surface area contributed by atoms with Gasteiger partial charge in [0, 0.05) is 11.3 Å². The maximum atomic E-state index is 12.6. The number of amides is 2. The molecule has 3 N–H and O–H groups in total. The summed E-state index contributed by atoms with van der Waals surface area (Å²) in [7, 11) is 1.51. The molecular weight excluding hydrogens is 304 g/mol. The summed E-state index contributed by atoms with van der Waals surface area (Å²) < 4.78 is 5.34. The van der Waals surface area contributed by atoms with Gasteiger partial charge in [-0.05, 0) is 47.2 Å². The number of primary amides is 1. The first-order chi connectivity index (χ1) is 11.6. The van der Waals surface area contributed by atoms with Crippen molar-refractivity contribution in [3.05, 3.63) is 71.8 Å². The number of nitrogens with two attached hydrogens (primary N) is 1. The summed E-state index contributed by atoms with van der Waals surface area (Å²) >= 11 is 0. The predicted molar refractivity (Wildman–Crippen MR) is 93.4 cm³/mol. The molecule has 0 atom stereocenters. The van der Waals surface area contributed by atoms with Crippen LogP contribution in [0.4, 0.5) is 5.69 Å². The van der Waals surface area contributed by atoms with Crippen LogP contribution in [0.2, 0.25) is 0 Å². The molecule has 3 aromatic rings. The Balaban J connectivity index is 2.04. The van der Waals surface area contributed by atoms with Crippen LogP contribution in [0.15, 0.2) is 60.7 Å². The van der Waals surface area contributed by atoms with Crippen LogP contribution in [-0.2, 0) is 0 Å². The number of rotatable bonds is 4. The lowest BCUT2D eigenvalue weighted by atomic mass is 10.0. The number of benzene rings is 3. The first-order valence-corrected chi connectivity index (χ1v) is 7.36. The van der Waals surface area contributed by atoms with Crippen molar-refractivity contribution in [2.45, 2.75) is 0 Å². The average Bonchev–Trinajstić information content (AvgIpc) is 2.60. The van der Waals surface area contributed by atoms with Crippen LogP contribution in [0.1, 0.15) is 20.7 Å². The molecule has 0 aliphatic carbocycles. The molecule has 0 unspecified atom stereocenters. The minimum absolute atomic E-state index is 0.288. The molecular formula is C19H16N2O3. The maximum Gasteiger partial charge on any atom is 0.259 e. The summed E-state index contributed by atoms with van der Waals surface area (Å²) in [4.78, 5) is 23.9. The molecule has 0 radical (unpaired) electrons. The second-order valence-corrected chi connectivity index (χ2v) is 5.30. The van der Waals surface area contributed by atoms with Crippen LogP contribution in [0, 0.1) is 0 Å². The quantitative estimate of drug-likeness (QED) is 0.774. The summed E-state index contributed by atoms with van der Waals surface area (Å²) in [5.41, 5.74) is 6.78. The highest BCUT2D eigenvalue weighted by molar-refractivity contribution is 6.09. The predicted octanol–water partition coefficient (Wildman–Crippen LogP) is 3.20. The Morgan fingerprint density at radius 3 is 2.38 bits per heavy atom. The van der Waals surface area contributed by atoms with Gasteiger partial charge < -0.3 is 15.8 Å². The smallest absolute Gasteiger partial charge is 0.259 e. The van der Waals surface area contributed by atoms with Crippen molar-refractivity contribution in [2.24, 2.45) is 5.73 Å². The number of carbonyl (C=O) groups is 2. The van der Waals surface area contributed by atoms with Gasteiger partial charge in [-0.3, -0.25) is 9.59 Å². The van der Waals surface area contributed by atoms with Crippen molar-refractivity contribution in [3.63, 3.8) is 0 Å². The van der Waals surface area contributed by atoms with Gasteiger partial charge >= 0.3 is 0 Å². The summed E-state index contributed by atoms with van der Waals surface area (Å²) in [6.45, 7) is 0. The van der Waals surface area contributed by atoms with E-state index in [-0.39, 0.29) is 5.91 Å². The van der Waals surface area contributed by atoms with E-state index in [2.05, 4.69) is 5.32 Å². The molecule has 5 heteroatoms. The first kappa shape index (κ1) is 15.6. The molecule has 0 heterocycles. The van der Waals surface area contributed by atoms with Gasteiger partial charge in [0.1, 0.15) is 5.75 Å². The van der Waals surface area contributed by atoms with Crippen LogP contribution in [0.3, 0.4) is 0 Å². The lowest BCUT2D eigenvalue weighted by Gasteiger charge is -2.11. The molecule has 0 spiro atoms. The Kier molecular flexibility index (Phi) is 4.16. The van der Waals surface area contributed by atoms with Crippen molar-refractivity contribution in [3.8, 4) is 5.75 Å². The third-order valence-corrected chi connectivity index (χ3v) is 3.72. The molecule has 0 fully saturated rings. The Morgan fingerprint density at radius 2 is 1.71 bits per heavy atom. The Labute approximate surface area is 139 Å². The summed E-state index contributed by atoms with van der Waals surface area (Å²) in [6.07, 6.45) is 0. The number of nitrogens with one attached hydrogen (secondary N) is 1. The molecule has 5 nitrogen and oxygen atoms in total. The second-order valence-electron chi connectivity index (χ2n) is 5.30. The average molecular weight is 320 g/mol. The van der Waals surface area contributed by atoms with E-state index in [0.29, 0.717) is 22.6 Å². The molecule has 0 aliphatic heterocycles. The first-order valence-electron chi connectivity index (χ1n) is 7.36. The van der Waals surface area contributed by atoms with E-state index < -0.39 is 5.91 Å². The van der Waals surface area contributed by atoms with Crippen molar-refractivity contribution in [1.82, 2.24) is 0 Å². The standard InChI is InChI=1S/C19H16N2O3/c1-24-17-11-12-7-8-13(18(20)22)9-14(12)10-16(17)19(23)21-15-5-3-2-4-6-15/h2-11H,1H3,(H2,20,22)(H,21,23). The van der Waals surface area contributed by atoms with Gasteiger partial charge in [0.25, 0.3) is 5.91 Å². The second kappa shape index (κ2) is 6.42. The van der Waals surface area contributed by atoms with Gasteiger partial charge in [-0.2, -0.15) is 0 Å². The third-order valence-electron chi connectivity index (χ3n) is 3.72. The van der Waals surface area contributed by atoms with Crippen molar-refractivity contribution < 1.29 is 14.3 Å². The van der Waals surface area contributed by atoms with Crippen LogP contribution < -0.4 is 15.8 Å². The number of fused-ring (bicyclic) bond motifs is 1. The van der Waals surface area contributed by atoms with Crippen LogP contribution >= 0.6 is 0 Å². The van der Waals surface area contributed by atoms with Crippen molar-refractivity contribution >= 4 is 28.3 Å². The van der Waals surface area contributed by atoms with Crippen molar-refractivity contribution in [1.29, 1.82) is 0 Å². The molecule has 0 bridgehead atoms. The molecule has 24 heavy (non-hydrogen) atoms. The van der Waals surface area contributed by atoms with E-state index in [1.165, 1.54) is 7.11 Å². The highest BCUT2D eigenvalue weighted by Crippen LogP contribution is 2.27. The Morgan fingerprint density at radius 1 is 0.958 bits per heavy atom. The third kappa shape index (κ3) is 3.05. The Hall–Kier alpha value is -3.34. The van der Waals surface area contributed by atoms with E-state index in [1.807, 2.05) is 18.2 Å². The SMILES string of the molecule is COc1cc2ccc(C(N)=O)cc2cc1C(=O)Nc1ccccc1. The molecule has 3 aromatic carbocycles. The molecule has 2 amide bonds. The fourth-order valence-electron chi connectivity index (χ4n) is 2.50. The van der Waals surface area contributed by atoms with Gasteiger partial charge in [0.2, 0.25) is 5.91 Å². The molecule has 3 rings (SSSR count). The van der Waals surface area contributed by atoms with E-state index in [1.54, 1.807) is 42.5 Å². The van der Waals surface area contributed by atoms with Gasteiger partial charge in [-0.1, -0.05) is 24.3 Å². The number of anilines is 1. The normalized spacial score (nSPS) is 10.4. The van der Waals surface area contributed by atoms with E-state index in [9.17, 15) is 9.59 Å². The Bertz CT molecular complexity index is 921. The number of ether oxygens (including phenoxy) is 1. The van der Waals surface area contributed by atoms with E-state index >= 15 is 0 Å². The zero-order chi connectivity index (χ0) is 17.1. The summed E-state index contributed by atoms with van der Waals surface area (Å²) in [6, 6.07) is 17.7. The molecule has 0 aliphatic rings. The summed E-state index contributed by atoms with van der Waals surface area (Å²) in [5.74, 6) is -0.338. The van der Waals surface area contributed by atoms with Crippen molar-refractivity contribution in [2.75, 3.05) is 12.4 Å². The number of carbonyl (C=O) groups excluding carboxylic acids is 2. The highest BCUT2D eigenvalue weighted by Gasteiger charge is 2.14. The van der Waals surface area contributed by atoms with E-state index in [0.717, 1.165) is 10.8 Å². The molecule has 0 saturated carbocycles. The fraction of sp³-hybridized carbons (Fsp3) is 0.0526. The fourth-order valence-corrected chi connectivity index (χ4v) is 2.50. The van der Waals surface area contributed by atoms with Gasteiger partial charge in [-0.15, -0.1) is 0 Å². The minimum Gasteiger partial charge on any atom is -0.496 e. The zero-order valence-electron chi connectivity index (χ0n) is 13.1. The lowest BCUT2D eigenvalue weighted by molar-refractivity contribution is 0.0997. The monoisotopic (exact) mass is 320 g/mol.